The Hall–Kier alpha value is -0.730. The molecule has 0 aliphatic carbocycles. The number of rotatable bonds is 6. The quantitative estimate of drug-likeness (QED) is 0.717. The van der Waals surface area contributed by atoms with Crippen molar-refractivity contribution in [3.8, 4) is 6.07 Å². The fraction of sp³-hybridized carbons (Fsp3) is 0.889. The SMILES string of the molecule is CC(C)NC(C)(C#N)COCC(F)F. The molecule has 0 saturated carbocycles. The third-order valence-corrected chi connectivity index (χ3v) is 1.49. The molecule has 0 fully saturated rings. The summed E-state index contributed by atoms with van der Waals surface area (Å²) in [5.74, 6) is 0. The summed E-state index contributed by atoms with van der Waals surface area (Å²) in [4.78, 5) is 0. The van der Waals surface area contributed by atoms with E-state index in [9.17, 15) is 8.78 Å². The first-order chi connectivity index (χ1) is 6.39. The number of nitriles is 1. The summed E-state index contributed by atoms with van der Waals surface area (Å²) in [6.45, 7) is 4.72. The summed E-state index contributed by atoms with van der Waals surface area (Å²) in [7, 11) is 0. The first kappa shape index (κ1) is 13.3. The first-order valence-electron chi connectivity index (χ1n) is 4.44. The Labute approximate surface area is 83.0 Å². The predicted octanol–water partition coefficient (Wildman–Crippen LogP) is 1.55. The molecule has 14 heavy (non-hydrogen) atoms. The standard InChI is InChI=1S/C9H16F2N2O/c1-7(2)13-9(3,5-12)6-14-4-8(10)11/h7-8,13H,4,6H2,1-3H3. The maximum absolute atomic E-state index is 11.7. The van der Waals surface area contributed by atoms with Crippen molar-refractivity contribution in [2.45, 2.75) is 38.8 Å². The van der Waals surface area contributed by atoms with Crippen LogP contribution in [0.5, 0.6) is 0 Å². The second kappa shape index (κ2) is 5.89. The van der Waals surface area contributed by atoms with Crippen molar-refractivity contribution in [2.75, 3.05) is 13.2 Å². The van der Waals surface area contributed by atoms with Crippen LogP contribution in [0.4, 0.5) is 8.78 Å². The molecule has 0 amide bonds. The Morgan fingerprint density at radius 1 is 1.50 bits per heavy atom. The molecule has 0 aliphatic rings. The van der Waals surface area contributed by atoms with Crippen LogP contribution in [0.3, 0.4) is 0 Å². The molecular formula is C9H16F2N2O. The van der Waals surface area contributed by atoms with Gasteiger partial charge in [-0.05, 0) is 20.8 Å². The van der Waals surface area contributed by atoms with Crippen LogP contribution in [0.1, 0.15) is 20.8 Å². The van der Waals surface area contributed by atoms with Crippen molar-refractivity contribution < 1.29 is 13.5 Å². The van der Waals surface area contributed by atoms with Gasteiger partial charge in [-0.25, -0.2) is 8.78 Å². The van der Waals surface area contributed by atoms with E-state index in [1.54, 1.807) is 6.92 Å². The third kappa shape index (κ3) is 5.84. The second-order valence-electron chi connectivity index (χ2n) is 3.65. The lowest BCUT2D eigenvalue weighted by Gasteiger charge is -2.25. The van der Waals surface area contributed by atoms with Crippen molar-refractivity contribution >= 4 is 0 Å². The van der Waals surface area contributed by atoms with E-state index in [2.05, 4.69) is 5.32 Å². The van der Waals surface area contributed by atoms with Gasteiger partial charge in [0.05, 0.1) is 12.7 Å². The molecule has 0 aliphatic heterocycles. The third-order valence-electron chi connectivity index (χ3n) is 1.49. The molecule has 0 aromatic carbocycles. The van der Waals surface area contributed by atoms with Crippen LogP contribution in [0.15, 0.2) is 0 Å². The summed E-state index contributed by atoms with van der Waals surface area (Å²) in [6.07, 6.45) is -2.49. The lowest BCUT2D eigenvalue weighted by Crippen LogP contribution is -2.48. The van der Waals surface area contributed by atoms with E-state index < -0.39 is 18.6 Å². The van der Waals surface area contributed by atoms with Crippen molar-refractivity contribution in [1.82, 2.24) is 5.32 Å². The van der Waals surface area contributed by atoms with Crippen LogP contribution in [-0.4, -0.2) is 31.2 Å². The number of hydrogen-bond donors (Lipinski definition) is 1. The highest BCUT2D eigenvalue weighted by Crippen LogP contribution is 2.05. The predicted molar refractivity (Wildman–Crippen MR) is 49.1 cm³/mol. The molecule has 0 saturated heterocycles. The summed E-state index contributed by atoms with van der Waals surface area (Å²) < 4.78 is 28.2. The molecule has 0 heterocycles. The molecule has 3 nitrogen and oxygen atoms in total. The van der Waals surface area contributed by atoms with Gasteiger partial charge >= 0.3 is 0 Å². The zero-order valence-electron chi connectivity index (χ0n) is 8.68. The largest absolute Gasteiger partial charge is 0.373 e. The van der Waals surface area contributed by atoms with Crippen molar-refractivity contribution in [1.29, 1.82) is 5.26 Å². The molecule has 0 bridgehead atoms. The Morgan fingerprint density at radius 2 is 2.07 bits per heavy atom. The summed E-state index contributed by atoms with van der Waals surface area (Å²) in [5.41, 5.74) is -0.900. The van der Waals surface area contributed by atoms with Crippen LogP contribution in [-0.2, 0) is 4.74 Å². The monoisotopic (exact) mass is 206 g/mol. The molecule has 0 aromatic rings. The van der Waals surface area contributed by atoms with E-state index in [-0.39, 0.29) is 12.6 Å². The van der Waals surface area contributed by atoms with Crippen molar-refractivity contribution in [2.24, 2.45) is 0 Å². The van der Waals surface area contributed by atoms with Crippen LogP contribution in [0, 0.1) is 11.3 Å². The molecule has 0 radical (unpaired) electrons. The van der Waals surface area contributed by atoms with Gasteiger partial charge in [0.25, 0.3) is 6.43 Å². The van der Waals surface area contributed by atoms with E-state index in [1.165, 1.54) is 0 Å². The maximum Gasteiger partial charge on any atom is 0.261 e. The van der Waals surface area contributed by atoms with E-state index in [0.29, 0.717) is 0 Å². The number of alkyl halides is 2. The normalized spacial score (nSPS) is 15.6. The van der Waals surface area contributed by atoms with E-state index in [0.717, 1.165) is 0 Å². The minimum absolute atomic E-state index is 0.0357. The van der Waals surface area contributed by atoms with Crippen LogP contribution >= 0.6 is 0 Å². The van der Waals surface area contributed by atoms with Gasteiger partial charge in [0.15, 0.2) is 0 Å². The minimum atomic E-state index is -2.49. The van der Waals surface area contributed by atoms with Gasteiger partial charge in [-0.15, -0.1) is 0 Å². The van der Waals surface area contributed by atoms with Gasteiger partial charge in [-0.2, -0.15) is 5.26 Å². The Bertz CT molecular complexity index is 203. The van der Waals surface area contributed by atoms with Crippen LogP contribution < -0.4 is 5.32 Å². The van der Waals surface area contributed by atoms with Gasteiger partial charge in [0.1, 0.15) is 12.1 Å². The fourth-order valence-corrected chi connectivity index (χ4v) is 1.10. The van der Waals surface area contributed by atoms with Gasteiger partial charge in [-0.3, -0.25) is 5.32 Å². The highest BCUT2D eigenvalue weighted by Gasteiger charge is 2.25. The summed E-state index contributed by atoms with van der Waals surface area (Å²) in [5, 5.41) is 11.8. The number of nitrogens with zero attached hydrogens (tertiary/aromatic N) is 1. The number of ether oxygens (including phenoxy) is 1. The fourth-order valence-electron chi connectivity index (χ4n) is 1.10. The van der Waals surface area contributed by atoms with E-state index in [1.807, 2.05) is 19.9 Å². The van der Waals surface area contributed by atoms with Gasteiger partial charge in [0, 0.05) is 6.04 Å². The molecule has 1 unspecified atom stereocenters. The second-order valence-corrected chi connectivity index (χ2v) is 3.65. The van der Waals surface area contributed by atoms with Gasteiger partial charge in [-0.1, -0.05) is 0 Å². The molecule has 1 atom stereocenters. The first-order valence-corrected chi connectivity index (χ1v) is 4.44. The molecule has 0 aromatic heterocycles. The Balaban J connectivity index is 3.95. The molecule has 0 spiro atoms. The highest BCUT2D eigenvalue weighted by atomic mass is 19.3. The molecule has 1 N–H and O–H groups in total. The van der Waals surface area contributed by atoms with Crippen molar-refractivity contribution in [3.05, 3.63) is 0 Å². The molecule has 5 heteroatoms. The maximum atomic E-state index is 11.7. The van der Waals surface area contributed by atoms with E-state index >= 15 is 0 Å². The molecule has 82 valence electrons. The highest BCUT2D eigenvalue weighted by molar-refractivity contribution is 5.04. The van der Waals surface area contributed by atoms with Gasteiger partial charge in [0.2, 0.25) is 0 Å². The minimum Gasteiger partial charge on any atom is -0.373 e. The zero-order chi connectivity index (χ0) is 11.2. The van der Waals surface area contributed by atoms with Gasteiger partial charge < -0.3 is 4.74 Å². The van der Waals surface area contributed by atoms with E-state index in [4.69, 9.17) is 10.00 Å². The van der Waals surface area contributed by atoms with Crippen LogP contribution in [0.25, 0.3) is 0 Å². The van der Waals surface area contributed by atoms with Crippen LogP contribution in [0.2, 0.25) is 0 Å². The average Bonchev–Trinajstić information content (AvgIpc) is 2.02. The molecular weight excluding hydrogens is 190 g/mol. The smallest absolute Gasteiger partial charge is 0.261 e. The summed E-state index contributed by atoms with van der Waals surface area (Å²) in [6, 6.07) is 2.11. The lowest BCUT2D eigenvalue weighted by molar-refractivity contribution is 0.00209. The Morgan fingerprint density at radius 3 is 2.43 bits per heavy atom. The lowest BCUT2D eigenvalue weighted by atomic mass is 10.1. The van der Waals surface area contributed by atoms with Crippen molar-refractivity contribution in [3.63, 3.8) is 0 Å². The summed E-state index contributed by atoms with van der Waals surface area (Å²) >= 11 is 0. The number of nitrogens with one attached hydrogen (secondary N) is 1. The topological polar surface area (TPSA) is 45.0 Å². The number of halogens is 2. The zero-order valence-corrected chi connectivity index (χ0v) is 8.68. The molecule has 0 rings (SSSR count). The Kier molecular flexibility index (Phi) is 5.58. The average molecular weight is 206 g/mol. The number of hydrogen-bond acceptors (Lipinski definition) is 3.